The topological polar surface area (TPSA) is 0 Å². The van der Waals surface area contributed by atoms with Crippen LogP contribution in [0, 0.1) is 6.42 Å². The van der Waals surface area contributed by atoms with Gasteiger partial charge in [-0.05, 0) is 49.1 Å². The quantitative estimate of drug-likeness (QED) is 0.494. The lowest BCUT2D eigenvalue weighted by molar-refractivity contribution is 0.911. The fraction of sp³-hybridized carbons (Fsp3) is 0.462. The Hall–Kier alpha value is -0.430. The Kier molecular flexibility index (Phi) is 5.77. The fourth-order valence-corrected chi connectivity index (χ4v) is 2.17. The summed E-state index contributed by atoms with van der Waals surface area (Å²) in [6.45, 7) is 4.32. The van der Waals surface area contributed by atoms with Crippen LogP contribution in [-0.2, 0) is 6.42 Å². The number of aryl methyl sites for hydroxylation is 1. The highest BCUT2D eigenvalue weighted by Crippen LogP contribution is 2.20. The van der Waals surface area contributed by atoms with Gasteiger partial charge in [0, 0.05) is 4.90 Å². The maximum Gasteiger partial charge on any atom is 0.00721 e. The van der Waals surface area contributed by atoms with Crippen LogP contribution >= 0.6 is 11.8 Å². The molecule has 0 amide bonds. The van der Waals surface area contributed by atoms with Crippen molar-refractivity contribution in [2.75, 3.05) is 5.75 Å². The number of hydrogen-bond donors (Lipinski definition) is 0. The van der Waals surface area contributed by atoms with Gasteiger partial charge in [-0.3, -0.25) is 0 Å². The Bertz CT molecular complexity index is 238. The van der Waals surface area contributed by atoms with Gasteiger partial charge in [-0.1, -0.05) is 26.0 Å². The van der Waals surface area contributed by atoms with Crippen LogP contribution in [0.3, 0.4) is 0 Å². The molecule has 0 aliphatic carbocycles. The Morgan fingerprint density at radius 1 is 1.21 bits per heavy atom. The summed E-state index contributed by atoms with van der Waals surface area (Å²) in [4.78, 5) is 1.40. The lowest BCUT2D eigenvalue weighted by Gasteiger charge is -2.02. The molecule has 0 N–H and O–H groups in total. The summed E-state index contributed by atoms with van der Waals surface area (Å²) in [6, 6.07) is 8.93. The molecule has 0 aliphatic heterocycles. The van der Waals surface area contributed by atoms with Crippen molar-refractivity contribution in [2.24, 2.45) is 0 Å². The minimum Gasteiger partial charge on any atom is -0.126 e. The molecule has 0 fully saturated rings. The van der Waals surface area contributed by atoms with E-state index in [9.17, 15) is 0 Å². The summed E-state index contributed by atoms with van der Waals surface area (Å²) < 4.78 is 0. The first kappa shape index (κ1) is 11.6. The molecule has 1 aromatic rings. The Morgan fingerprint density at radius 3 is 2.50 bits per heavy atom. The minimum atomic E-state index is 1.13. The van der Waals surface area contributed by atoms with E-state index in [0.29, 0.717) is 0 Å². The molecule has 77 valence electrons. The number of thioether (sulfide) groups is 1. The molecule has 0 atom stereocenters. The van der Waals surface area contributed by atoms with E-state index in [4.69, 9.17) is 0 Å². The first-order chi connectivity index (χ1) is 6.86. The summed E-state index contributed by atoms with van der Waals surface area (Å²) in [6.07, 6.45) is 5.90. The molecule has 0 unspecified atom stereocenters. The lowest BCUT2D eigenvalue weighted by Crippen LogP contribution is -1.82. The highest BCUT2D eigenvalue weighted by atomic mass is 32.2. The monoisotopic (exact) mass is 207 g/mol. The molecule has 14 heavy (non-hydrogen) atoms. The molecule has 0 nitrogen and oxygen atoms in total. The van der Waals surface area contributed by atoms with Crippen LogP contribution in [0.5, 0.6) is 0 Å². The SMILES string of the molecule is C[CH]CCCSc1ccc(CC)cc1. The standard InChI is InChI=1S/C13H19S/c1-3-5-6-11-14-13-9-7-12(4-2)8-10-13/h3,7-10H,4-6,11H2,1-2H3. The van der Waals surface area contributed by atoms with Crippen molar-refractivity contribution in [1.82, 2.24) is 0 Å². The van der Waals surface area contributed by atoms with Gasteiger partial charge in [0.2, 0.25) is 0 Å². The zero-order valence-corrected chi connectivity index (χ0v) is 9.94. The van der Waals surface area contributed by atoms with Crippen molar-refractivity contribution in [3.05, 3.63) is 36.2 Å². The van der Waals surface area contributed by atoms with Gasteiger partial charge in [0.05, 0.1) is 0 Å². The molecule has 1 aromatic carbocycles. The van der Waals surface area contributed by atoms with E-state index in [2.05, 4.69) is 44.5 Å². The normalized spacial score (nSPS) is 10.4. The Morgan fingerprint density at radius 2 is 1.93 bits per heavy atom. The molecule has 0 spiro atoms. The molecule has 0 saturated carbocycles. The van der Waals surface area contributed by atoms with Gasteiger partial charge < -0.3 is 0 Å². The Labute approximate surface area is 92.1 Å². The van der Waals surface area contributed by atoms with E-state index in [0.717, 1.165) is 6.42 Å². The predicted molar refractivity (Wildman–Crippen MR) is 65.8 cm³/mol. The van der Waals surface area contributed by atoms with Crippen molar-refractivity contribution in [3.63, 3.8) is 0 Å². The average molecular weight is 207 g/mol. The summed E-state index contributed by atoms with van der Waals surface area (Å²) in [5, 5.41) is 0. The van der Waals surface area contributed by atoms with E-state index >= 15 is 0 Å². The smallest absolute Gasteiger partial charge is 0.00721 e. The second-order valence-electron chi connectivity index (χ2n) is 3.40. The molecule has 0 saturated heterocycles. The van der Waals surface area contributed by atoms with Crippen molar-refractivity contribution in [2.45, 2.75) is 38.0 Å². The van der Waals surface area contributed by atoms with E-state index in [1.807, 2.05) is 11.8 Å². The molecule has 0 aliphatic rings. The second-order valence-corrected chi connectivity index (χ2v) is 4.56. The second kappa shape index (κ2) is 6.94. The van der Waals surface area contributed by atoms with Gasteiger partial charge >= 0.3 is 0 Å². The first-order valence-electron chi connectivity index (χ1n) is 5.36. The van der Waals surface area contributed by atoms with Gasteiger partial charge in [0.1, 0.15) is 0 Å². The molecular formula is C13H19S. The van der Waals surface area contributed by atoms with E-state index < -0.39 is 0 Å². The van der Waals surface area contributed by atoms with E-state index in [-0.39, 0.29) is 0 Å². The van der Waals surface area contributed by atoms with Crippen molar-refractivity contribution < 1.29 is 0 Å². The third-order valence-corrected chi connectivity index (χ3v) is 3.34. The van der Waals surface area contributed by atoms with Crippen LogP contribution in [0.25, 0.3) is 0 Å². The third-order valence-electron chi connectivity index (χ3n) is 2.24. The Balaban J connectivity index is 2.29. The van der Waals surface area contributed by atoms with Crippen LogP contribution in [0.2, 0.25) is 0 Å². The molecular weight excluding hydrogens is 188 g/mol. The summed E-state index contributed by atoms with van der Waals surface area (Å²) in [7, 11) is 0. The van der Waals surface area contributed by atoms with Crippen LogP contribution in [0.4, 0.5) is 0 Å². The van der Waals surface area contributed by atoms with Gasteiger partial charge in [-0.2, -0.15) is 0 Å². The lowest BCUT2D eigenvalue weighted by atomic mass is 10.2. The number of benzene rings is 1. The largest absolute Gasteiger partial charge is 0.126 e. The van der Waals surface area contributed by atoms with E-state index in [1.165, 1.54) is 29.1 Å². The molecule has 0 aromatic heterocycles. The molecule has 0 heterocycles. The minimum absolute atomic E-state index is 1.13. The average Bonchev–Trinajstić information content (AvgIpc) is 2.25. The van der Waals surface area contributed by atoms with Crippen molar-refractivity contribution >= 4 is 11.8 Å². The molecule has 1 heteroatoms. The number of rotatable bonds is 6. The van der Waals surface area contributed by atoms with Crippen LogP contribution in [0.15, 0.2) is 29.2 Å². The number of unbranched alkanes of at least 4 members (excludes halogenated alkanes) is 2. The molecule has 0 bridgehead atoms. The maximum atomic E-state index is 2.24. The van der Waals surface area contributed by atoms with Gasteiger partial charge in [0.25, 0.3) is 0 Å². The highest BCUT2D eigenvalue weighted by molar-refractivity contribution is 7.99. The summed E-state index contributed by atoms with van der Waals surface area (Å²) >= 11 is 1.96. The highest BCUT2D eigenvalue weighted by Gasteiger charge is 1.94. The van der Waals surface area contributed by atoms with Crippen LogP contribution in [0.1, 0.15) is 32.3 Å². The molecule has 1 rings (SSSR count). The zero-order valence-electron chi connectivity index (χ0n) is 9.12. The zero-order chi connectivity index (χ0) is 10.2. The first-order valence-corrected chi connectivity index (χ1v) is 6.35. The molecule has 1 radical (unpaired) electrons. The van der Waals surface area contributed by atoms with Crippen molar-refractivity contribution in [3.8, 4) is 0 Å². The van der Waals surface area contributed by atoms with Crippen molar-refractivity contribution in [1.29, 1.82) is 0 Å². The van der Waals surface area contributed by atoms with Gasteiger partial charge in [-0.15, -0.1) is 11.8 Å². The van der Waals surface area contributed by atoms with E-state index in [1.54, 1.807) is 0 Å². The van der Waals surface area contributed by atoms with Gasteiger partial charge in [-0.25, -0.2) is 0 Å². The van der Waals surface area contributed by atoms with Crippen LogP contribution < -0.4 is 0 Å². The summed E-state index contributed by atoms with van der Waals surface area (Å²) in [5.74, 6) is 1.23. The maximum absolute atomic E-state index is 2.24. The predicted octanol–water partition coefficient (Wildman–Crippen LogP) is 4.35. The number of hydrogen-bond acceptors (Lipinski definition) is 1. The fourth-order valence-electron chi connectivity index (χ4n) is 1.30. The van der Waals surface area contributed by atoms with Gasteiger partial charge in [0.15, 0.2) is 0 Å². The summed E-state index contributed by atoms with van der Waals surface area (Å²) in [5.41, 5.74) is 1.43. The van der Waals surface area contributed by atoms with Crippen LogP contribution in [-0.4, -0.2) is 5.75 Å². The third kappa shape index (κ3) is 4.19.